The fourth-order valence-corrected chi connectivity index (χ4v) is 3.76. The van der Waals surface area contributed by atoms with E-state index in [1.165, 1.54) is 17.0 Å². The van der Waals surface area contributed by atoms with Crippen LogP contribution >= 0.6 is 11.6 Å². The predicted molar refractivity (Wildman–Crippen MR) is 100 cm³/mol. The summed E-state index contributed by atoms with van der Waals surface area (Å²) >= 11 is 6.21. The van der Waals surface area contributed by atoms with Crippen molar-refractivity contribution in [1.82, 2.24) is 24.9 Å². The first-order valence-electron chi connectivity index (χ1n) is 8.66. The molecule has 2 aliphatic rings. The van der Waals surface area contributed by atoms with Gasteiger partial charge in [0.25, 0.3) is 5.91 Å². The minimum absolute atomic E-state index is 0.000690. The standard InChI is InChI=1S/C18H18ClFN6O2/c1-9-7-10(2)26(23-9)17-21-15-14(16(27)22-18(28)24(15)3)25(17)8-11-12(19)5-4-6-13(11)20/h4-7,14-15H,8H2,1-3H3,(H,22,27,28). The highest BCUT2D eigenvalue weighted by Gasteiger charge is 2.49. The first-order chi connectivity index (χ1) is 13.3. The van der Waals surface area contributed by atoms with E-state index in [1.807, 2.05) is 19.9 Å². The number of imide groups is 1. The van der Waals surface area contributed by atoms with E-state index in [2.05, 4.69) is 15.4 Å². The molecule has 146 valence electrons. The summed E-state index contributed by atoms with van der Waals surface area (Å²) in [6, 6.07) is 4.93. The SMILES string of the molecule is Cc1cc(C)n(C2=NC3C(C(=O)NC(=O)N3C)N2Cc2c(F)cccc2Cl)n1. The maximum atomic E-state index is 14.4. The van der Waals surface area contributed by atoms with Gasteiger partial charge < -0.3 is 9.80 Å². The zero-order valence-electron chi connectivity index (χ0n) is 15.5. The Morgan fingerprint density at radius 3 is 2.68 bits per heavy atom. The van der Waals surface area contributed by atoms with Crippen molar-refractivity contribution < 1.29 is 14.0 Å². The van der Waals surface area contributed by atoms with Gasteiger partial charge in [-0.3, -0.25) is 10.1 Å². The van der Waals surface area contributed by atoms with Crippen LogP contribution in [-0.4, -0.2) is 56.7 Å². The average Bonchev–Trinajstić information content (AvgIpc) is 3.16. The number of likely N-dealkylation sites (N-methyl/N-ethyl adjacent to an activating group) is 1. The van der Waals surface area contributed by atoms with Crippen molar-refractivity contribution in [2.24, 2.45) is 4.99 Å². The normalized spacial score (nSPS) is 21.7. The van der Waals surface area contributed by atoms with E-state index in [9.17, 15) is 14.0 Å². The van der Waals surface area contributed by atoms with Crippen LogP contribution in [-0.2, 0) is 11.3 Å². The zero-order chi connectivity index (χ0) is 20.2. The maximum Gasteiger partial charge on any atom is 0.325 e. The first kappa shape index (κ1) is 18.4. The third-order valence-electron chi connectivity index (χ3n) is 4.93. The average molecular weight is 405 g/mol. The van der Waals surface area contributed by atoms with Crippen molar-refractivity contribution in [3.8, 4) is 0 Å². The van der Waals surface area contributed by atoms with Gasteiger partial charge in [0.1, 0.15) is 5.82 Å². The largest absolute Gasteiger partial charge is 0.325 e. The number of amides is 3. The maximum absolute atomic E-state index is 14.4. The van der Waals surface area contributed by atoms with Gasteiger partial charge in [-0.05, 0) is 32.0 Å². The Bertz CT molecular complexity index is 999. The summed E-state index contributed by atoms with van der Waals surface area (Å²) in [4.78, 5) is 32.3. The van der Waals surface area contributed by atoms with Gasteiger partial charge >= 0.3 is 6.03 Å². The highest BCUT2D eigenvalue weighted by atomic mass is 35.5. The molecule has 0 bridgehead atoms. The number of urea groups is 1. The molecule has 2 aliphatic heterocycles. The molecule has 28 heavy (non-hydrogen) atoms. The second-order valence-corrected chi connectivity index (χ2v) is 7.27. The Balaban J connectivity index is 1.82. The molecule has 3 heterocycles. The number of aromatic nitrogens is 2. The minimum Gasteiger partial charge on any atom is -0.321 e. The number of carbonyl (C=O) groups excluding carboxylic acids is 2. The van der Waals surface area contributed by atoms with Crippen LogP contribution in [0.3, 0.4) is 0 Å². The molecule has 4 rings (SSSR count). The van der Waals surface area contributed by atoms with Crippen LogP contribution in [0.4, 0.5) is 9.18 Å². The molecule has 0 aliphatic carbocycles. The number of carbonyl (C=O) groups is 2. The van der Waals surface area contributed by atoms with Crippen LogP contribution < -0.4 is 5.32 Å². The summed E-state index contributed by atoms with van der Waals surface area (Å²) < 4.78 is 16.0. The third kappa shape index (κ3) is 2.82. The highest BCUT2D eigenvalue weighted by molar-refractivity contribution is 6.31. The molecule has 1 aromatic carbocycles. The second kappa shape index (κ2) is 6.59. The molecule has 1 N–H and O–H groups in total. The summed E-state index contributed by atoms with van der Waals surface area (Å²) in [6.45, 7) is 3.69. The van der Waals surface area contributed by atoms with Gasteiger partial charge in [0.15, 0.2) is 12.2 Å². The van der Waals surface area contributed by atoms with Crippen LogP contribution in [0.2, 0.25) is 5.02 Å². The molecule has 0 radical (unpaired) electrons. The molecule has 8 nitrogen and oxygen atoms in total. The fraction of sp³-hybridized carbons (Fsp3) is 0.333. The van der Waals surface area contributed by atoms with Crippen molar-refractivity contribution in [3.63, 3.8) is 0 Å². The van der Waals surface area contributed by atoms with Gasteiger partial charge in [0, 0.05) is 23.3 Å². The lowest BCUT2D eigenvalue weighted by Crippen LogP contribution is -2.63. The van der Waals surface area contributed by atoms with Gasteiger partial charge in [0.05, 0.1) is 12.2 Å². The van der Waals surface area contributed by atoms with Gasteiger partial charge in [0.2, 0.25) is 5.96 Å². The zero-order valence-corrected chi connectivity index (χ0v) is 16.2. The van der Waals surface area contributed by atoms with Crippen LogP contribution in [0.25, 0.3) is 0 Å². The monoisotopic (exact) mass is 404 g/mol. The molecule has 2 atom stereocenters. The number of nitrogens with one attached hydrogen (secondary N) is 1. The molecular formula is C18H18ClFN6O2. The van der Waals surface area contributed by atoms with E-state index in [0.29, 0.717) is 5.96 Å². The number of benzene rings is 1. The molecule has 1 fully saturated rings. The molecule has 0 spiro atoms. The molecule has 10 heteroatoms. The summed E-state index contributed by atoms with van der Waals surface area (Å²) in [6.07, 6.45) is -0.745. The van der Waals surface area contributed by atoms with Gasteiger partial charge in [-0.15, -0.1) is 0 Å². The lowest BCUT2D eigenvalue weighted by molar-refractivity contribution is -0.127. The van der Waals surface area contributed by atoms with Gasteiger partial charge in [-0.1, -0.05) is 17.7 Å². The van der Waals surface area contributed by atoms with Gasteiger partial charge in [-0.2, -0.15) is 5.10 Å². The fourth-order valence-electron chi connectivity index (χ4n) is 3.54. The topological polar surface area (TPSA) is 82.8 Å². The number of fused-ring (bicyclic) bond motifs is 1. The molecule has 1 saturated heterocycles. The third-order valence-corrected chi connectivity index (χ3v) is 5.28. The number of aryl methyl sites for hydroxylation is 2. The van der Waals surface area contributed by atoms with E-state index in [1.54, 1.807) is 22.7 Å². The summed E-state index contributed by atoms with van der Waals surface area (Å²) in [7, 11) is 1.56. The van der Waals surface area contributed by atoms with Crippen LogP contribution in [0.5, 0.6) is 0 Å². The van der Waals surface area contributed by atoms with Crippen LogP contribution in [0, 0.1) is 19.7 Å². The van der Waals surface area contributed by atoms with E-state index in [4.69, 9.17) is 11.6 Å². The highest BCUT2D eigenvalue weighted by Crippen LogP contribution is 2.29. The number of hydrogen-bond acceptors (Lipinski definition) is 5. The Hall–Kier alpha value is -2.94. The minimum atomic E-state index is -0.822. The number of halogens is 2. The van der Waals surface area contributed by atoms with Crippen molar-refractivity contribution in [2.45, 2.75) is 32.6 Å². The summed E-state index contributed by atoms with van der Waals surface area (Å²) in [5, 5.41) is 7.00. The Morgan fingerprint density at radius 1 is 1.29 bits per heavy atom. The molecule has 1 aromatic heterocycles. The van der Waals surface area contributed by atoms with Crippen molar-refractivity contribution in [2.75, 3.05) is 7.05 Å². The van der Waals surface area contributed by atoms with Crippen molar-refractivity contribution in [1.29, 1.82) is 0 Å². The predicted octanol–water partition coefficient (Wildman–Crippen LogP) is 1.89. The Kier molecular flexibility index (Phi) is 4.34. The van der Waals surface area contributed by atoms with Gasteiger partial charge in [-0.25, -0.2) is 18.9 Å². The van der Waals surface area contributed by atoms with E-state index in [-0.39, 0.29) is 17.1 Å². The number of nitrogens with zero attached hydrogens (tertiary/aromatic N) is 5. The summed E-state index contributed by atoms with van der Waals surface area (Å²) in [5.41, 5.74) is 1.81. The molecule has 2 aromatic rings. The van der Waals surface area contributed by atoms with Crippen LogP contribution in [0.15, 0.2) is 29.3 Å². The number of rotatable bonds is 2. The molecule has 3 amide bonds. The quantitative estimate of drug-likeness (QED) is 0.828. The summed E-state index contributed by atoms with van der Waals surface area (Å²) in [5.74, 6) is -0.623. The number of aliphatic imine (C=N–C) groups is 1. The molecular weight excluding hydrogens is 387 g/mol. The number of hydrogen-bond donors (Lipinski definition) is 1. The smallest absolute Gasteiger partial charge is 0.321 e. The van der Waals surface area contributed by atoms with Crippen molar-refractivity contribution in [3.05, 3.63) is 52.1 Å². The lowest BCUT2D eigenvalue weighted by atomic mass is 10.1. The van der Waals surface area contributed by atoms with Crippen molar-refractivity contribution >= 4 is 29.5 Å². The van der Waals surface area contributed by atoms with Crippen LogP contribution in [0.1, 0.15) is 17.0 Å². The molecule has 0 saturated carbocycles. The second-order valence-electron chi connectivity index (χ2n) is 6.86. The van der Waals surface area contributed by atoms with E-state index in [0.717, 1.165) is 11.4 Å². The van der Waals surface area contributed by atoms with E-state index < -0.39 is 30.0 Å². The molecule has 2 unspecified atom stereocenters. The van der Waals surface area contributed by atoms with E-state index >= 15 is 0 Å². The lowest BCUT2D eigenvalue weighted by Gasteiger charge is -2.36. The Morgan fingerprint density at radius 2 is 2.04 bits per heavy atom. The first-order valence-corrected chi connectivity index (χ1v) is 9.04. The Labute approximate surface area is 165 Å².